The highest BCUT2D eigenvalue weighted by Gasteiger charge is 2.30. The number of hydrogen-bond donors (Lipinski definition) is 2. The molecule has 2 aromatic heterocycles. The van der Waals surface area contributed by atoms with E-state index in [1.165, 1.54) is 16.4 Å². The lowest BCUT2D eigenvalue weighted by Crippen LogP contribution is -2.41. The van der Waals surface area contributed by atoms with Crippen LogP contribution in [0.15, 0.2) is 90.2 Å². The fourth-order valence-corrected chi connectivity index (χ4v) is 7.96. The molecule has 236 valence electrons. The molecule has 0 bridgehead atoms. The smallest absolute Gasteiger partial charge is 0.326 e. The molecule has 0 fully saturated rings. The number of carboxylic acid groups (broad SMARTS) is 1. The first-order valence-electron chi connectivity index (χ1n) is 14.3. The van der Waals surface area contributed by atoms with Crippen LogP contribution in [0.4, 0.5) is 5.69 Å². The van der Waals surface area contributed by atoms with Gasteiger partial charge in [-0.25, -0.2) is 18.2 Å². The molecule has 0 spiro atoms. The fourth-order valence-electron chi connectivity index (χ4n) is 5.02. The SMILES string of the molecule is CC(C)C[C@H](NC(=O)c1cc2c(N(Cc3cncn3Cc3ccc(C#N)cc3)S(=O)(=O)c3ccccc3Cl)cccc2s1)C(=O)O. The zero-order chi connectivity index (χ0) is 33.0. The second kappa shape index (κ2) is 13.7. The van der Waals surface area contributed by atoms with Crippen LogP contribution in [0.25, 0.3) is 10.1 Å². The maximum absolute atomic E-state index is 14.4. The van der Waals surface area contributed by atoms with Crippen molar-refractivity contribution in [1.82, 2.24) is 14.9 Å². The van der Waals surface area contributed by atoms with Gasteiger partial charge in [0.2, 0.25) is 0 Å². The number of sulfonamides is 1. The van der Waals surface area contributed by atoms with Crippen LogP contribution in [-0.2, 0) is 27.9 Å². The molecule has 10 nitrogen and oxygen atoms in total. The van der Waals surface area contributed by atoms with E-state index in [0.717, 1.165) is 16.9 Å². The highest BCUT2D eigenvalue weighted by molar-refractivity contribution is 7.93. The largest absolute Gasteiger partial charge is 0.480 e. The van der Waals surface area contributed by atoms with Crippen LogP contribution < -0.4 is 9.62 Å². The number of rotatable bonds is 12. The molecular weight excluding hydrogens is 646 g/mol. The Balaban J connectivity index is 1.57. The molecule has 0 unspecified atom stereocenters. The molecule has 0 aliphatic carbocycles. The molecule has 0 saturated carbocycles. The Bertz CT molecular complexity index is 2050. The van der Waals surface area contributed by atoms with Crippen molar-refractivity contribution in [3.8, 4) is 6.07 Å². The predicted octanol–water partition coefficient (Wildman–Crippen LogP) is 6.30. The molecule has 5 rings (SSSR count). The first-order chi connectivity index (χ1) is 22.0. The van der Waals surface area contributed by atoms with Gasteiger partial charge in [-0.15, -0.1) is 11.3 Å². The molecule has 5 aromatic rings. The minimum absolute atomic E-state index is 0.0457. The summed E-state index contributed by atoms with van der Waals surface area (Å²) in [5.74, 6) is -1.64. The second-order valence-corrected chi connectivity index (χ2v) is 14.4. The number of carbonyl (C=O) groups excluding carboxylic acids is 1. The summed E-state index contributed by atoms with van der Waals surface area (Å²) in [6.45, 7) is 4.02. The van der Waals surface area contributed by atoms with Crippen molar-refractivity contribution in [2.24, 2.45) is 5.92 Å². The van der Waals surface area contributed by atoms with Crippen LogP contribution in [0, 0.1) is 17.2 Å². The second-order valence-electron chi connectivity index (χ2n) is 11.1. The third-order valence-corrected chi connectivity index (χ3v) is 10.6. The van der Waals surface area contributed by atoms with Crippen molar-refractivity contribution in [3.63, 3.8) is 0 Å². The van der Waals surface area contributed by atoms with Gasteiger partial charge in [-0.2, -0.15) is 5.26 Å². The van der Waals surface area contributed by atoms with Gasteiger partial charge in [-0.3, -0.25) is 9.10 Å². The Morgan fingerprint density at radius 2 is 1.85 bits per heavy atom. The van der Waals surface area contributed by atoms with Gasteiger partial charge in [-0.1, -0.05) is 55.8 Å². The number of anilines is 1. The molecule has 46 heavy (non-hydrogen) atoms. The summed E-state index contributed by atoms with van der Waals surface area (Å²) >= 11 is 7.56. The van der Waals surface area contributed by atoms with Gasteiger partial charge in [0.1, 0.15) is 10.9 Å². The molecule has 13 heteroatoms. The van der Waals surface area contributed by atoms with Gasteiger partial charge in [0.05, 0.1) is 45.8 Å². The van der Waals surface area contributed by atoms with Crippen LogP contribution in [0.1, 0.15) is 46.8 Å². The summed E-state index contributed by atoms with van der Waals surface area (Å²) in [7, 11) is -4.26. The van der Waals surface area contributed by atoms with E-state index in [4.69, 9.17) is 16.9 Å². The Hall–Kier alpha value is -4.70. The van der Waals surface area contributed by atoms with Crippen molar-refractivity contribution in [2.45, 2.75) is 44.3 Å². The number of imidazole rings is 1. The summed E-state index contributed by atoms with van der Waals surface area (Å²) in [5, 5.41) is 21.9. The quantitative estimate of drug-likeness (QED) is 0.158. The number of nitriles is 1. The van der Waals surface area contributed by atoms with Crippen molar-refractivity contribution < 1.29 is 23.1 Å². The lowest BCUT2D eigenvalue weighted by atomic mass is 10.0. The number of aromatic nitrogens is 2. The number of hydrogen-bond acceptors (Lipinski definition) is 7. The monoisotopic (exact) mass is 675 g/mol. The van der Waals surface area contributed by atoms with Crippen LogP contribution in [0.5, 0.6) is 0 Å². The third kappa shape index (κ3) is 7.07. The molecule has 3 aromatic carbocycles. The molecule has 0 aliphatic heterocycles. The molecule has 0 aliphatic rings. The molecule has 0 radical (unpaired) electrons. The Labute approximate surface area is 275 Å². The third-order valence-electron chi connectivity index (χ3n) is 7.29. The van der Waals surface area contributed by atoms with Gasteiger partial charge in [-0.05, 0) is 60.4 Å². The topological polar surface area (TPSA) is 145 Å². The Morgan fingerprint density at radius 3 is 2.52 bits per heavy atom. The summed E-state index contributed by atoms with van der Waals surface area (Å²) in [6, 6.07) is 21.0. The zero-order valence-electron chi connectivity index (χ0n) is 24.9. The Morgan fingerprint density at radius 1 is 1.11 bits per heavy atom. The summed E-state index contributed by atoms with van der Waals surface area (Å²) in [5.41, 5.74) is 2.33. The van der Waals surface area contributed by atoms with Gasteiger partial charge >= 0.3 is 5.97 Å². The van der Waals surface area contributed by atoms with Crippen LogP contribution >= 0.6 is 22.9 Å². The lowest BCUT2D eigenvalue weighted by Gasteiger charge is -2.26. The lowest BCUT2D eigenvalue weighted by molar-refractivity contribution is -0.139. The van der Waals surface area contributed by atoms with E-state index in [-0.39, 0.29) is 33.7 Å². The van der Waals surface area contributed by atoms with Gasteiger partial charge < -0.3 is 15.0 Å². The summed E-state index contributed by atoms with van der Waals surface area (Å²) in [6.07, 6.45) is 3.46. The first-order valence-corrected chi connectivity index (χ1v) is 16.9. The summed E-state index contributed by atoms with van der Waals surface area (Å²) < 4.78 is 32.4. The molecule has 1 atom stereocenters. The number of benzene rings is 3. The normalized spacial score (nSPS) is 12.2. The molecule has 2 heterocycles. The standard InChI is InChI=1S/C33H30ClN5O5S2/c1-21(2)14-27(33(41)42)37-32(40)30-15-25-28(7-5-8-29(25)45-30)39(46(43,44)31-9-4-3-6-26(31)34)19-24-17-36-20-38(24)18-23-12-10-22(16-35)11-13-23/h3-13,15,17,20-21,27H,14,18-19H2,1-2H3,(H,37,40)(H,41,42)/t27-/m0/s1. The van der Waals surface area contributed by atoms with E-state index in [0.29, 0.717) is 33.6 Å². The number of carboxylic acids is 1. The van der Waals surface area contributed by atoms with E-state index in [1.807, 2.05) is 30.5 Å². The number of aliphatic carboxylic acids is 1. The molecule has 1 amide bonds. The van der Waals surface area contributed by atoms with Gasteiger partial charge in [0.25, 0.3) is 15.9 Å². The number of fused-ring (bicyclic) bond motifs is 1. The highest BCUT2D eigenvalue weighted by atomic mass is 35.5. The first kappa shape index (κ1) is 32.7. The van der Waals surface area contributed by atoms with Crippen molar-refractivity contribution in [3.05, 3.63) is 112 Å². The number of halogens is 1. The van der Waals surface area contributed by atoms with Crippen LogP contribution in [0.2, 0.25) is 5.02 Å². The molecule has 0 saturated heterocycles. The number of carbonyl (C=O) groups is 2. The average Bonchev–Trinajstić information content (AvgIpc) is 3.66. The van der Waals surface area contributed by atoms with Crippen LogP contribution in [0.3, 0.4) is 0 Å². The van der Waals surface area contributed by atoms with Crippen molar-refractivity contribution in [1.29, 1.82) is 5.26 Å². The predicted molar refractivity (Wildman–Crippen MR) is 177 cm³/mol. The van der Waals surface area contributed by atoms with Gasteiger partial charge in [0.15, 0.2) is 0 Å². The highest BCUT2D eigenvalue weighted by Crippen LogP contribution is 2.38. The Kier molecular flexibility index (Phi) is 9.76. The van der Waals surface area contributed by atoms with E-state index in [2.05, 4.69) is 16.4 Å². The number of nitrogens with zero attached hydrogens (tertiary/aromatic N) is 4. The average molecular weight is 676 g/mol. The van der Waals surface area contributed by atoms with E-state index >= 15 is 0 Å². The van der Waals surface area contributed by atoms with Gasteiger partial charge in [0, 0.05) is 22.8 Å². The van der Waals surface area contributed by atoms with Crippen molar-refractivity contribution in [2.75, 3.05) is 4.31 Å². The fraction of sp³-hybridized carbons (Fsp3) is 0.212. The number of thiophene rings is 1. The van der Waals surface area contributed by atoms with Crippen molar-refractivity contribution >= 4 is 60.6 Å². The number of nitrogens with one attached hydrogen (secondary N) is 1. The molecular formula is C33H30ClN5O5S2. The zero-order valence-corrected chi connectivity index (χ0v) is 27.3. The maximum atomic E-state index is 14.4. The van der Waals surface area contributed by atoms with E-state index in [1.54, 1.807) is 61.1 Å². The number of amides is 1. The van der Waals surface area contributed by atoms with E-state index < -0.39 is 27.9 Å². The maximum Gasteiger partial charge on any atom is 0.326 e. The minimum atomic E-state index is -4.26. The van der Waals surface area contributed by atoms with E-state index in [9.17, 15) is 23.1 Å². The minimum Gasteiger partial charge on any atom is -0.480 e. The molecule has 2 N–H and O–H groups in total. The van der Waals surface area contributed by atoms with Crippen LogP contribution in [-0.4, -0.2) is 41.0 Å². The summed E-state index contributed by atoms with van der Waals surface area (Å²) in [4.78, 5) is 29.5.